The fourth-order valence-electron chi connectivity index (χ4n) is 2.77. The van der Waals surface area contributed by atoms with Gasteiger partial charge in [0.25, 0.3) is 0 Å². The molecule has 0 aliphatic carbocycles. The number of nitrogens with one attached hydrogen (secondary N) is 1. The summed E-state index contributed by atoms with van der Waals surface area (Å²) in [4.78, 5) is 8.49. The quantitative estimate of drug-likeness (QED) is 0.908. The molecule has 3 heterocycles. The highest BCUT2D eigenvalue weighted by Gasteiger charge is 2.28. The largest absolute Gasteiger partial charge is 0.481 e. The molecule has 1 saturated heterocycles. The smallest absolute Gasteiger partial charge is 0.225 e. The number of hydrogen-bond acceptors (Lipinski definition) is 6. The van der Waals surface area contributed by atoms with Crippen LogP contribution in [0.25, 0.3) is 0 Å². The summed E-state index contributed by atoms with van der Waals surface area (Å²) in [5.74, 6) is 1.50. The van der Waals surface area contributed by atoms with Crippen molar-refractivity contribution < 1.29 is 9.47 Å². The SMILES string of the molecule is COc1ccnc(NC[C@@H]2CCCO[C@H]2c2cnn(C)c2)n1. The molecule has 0 unspecified atom stereocenters. The highest BCUT2D eigenvalue weighted by molar-refractivity contribution is 5.27. The number of aryl methyl sites for hydroxylation is 1. The lowest BCUT2D eigenvalue weighted by atomic mass is 9.91. The van der Waals surface area contributed by atoms with E-state index in [1.165, 1.54) is 0 Å². The van der Waals surface area contributed by atoms with Gasteiger partial charge in [0.1, 0.15) is 0 Å². The molecule has 2 aromatic rings. The molecule has 118 valence electrons. The van der Waals surface area contributed by atoms with Crippen LogP contribution in [-0.2, 0) is 11.8 Å². The van der Waals surface area contributed by atoms with E-state index in [2.05, 4.69) is 20.4 Å². The average molecular weight is 303 g/mol. The molecule has 0 saturated carbocycles. The second-order valence-corrected chi connectivity index (χ2v) is 5.44. The number of hydrogen-bond donors (Lipinski definition) is 1. The van der Waals surface area contributed by atoms with Crippen molar-refractivity contribution in [2.45, 2.75) is 18.9 Å². The first-order valence-corrected chi connectivity index (χ1v) is 7.47. The Balaban J connectivity index is 1.66. The minimum atomic E-state index is 0.0700. The van der Waals surface area contributed by atoms with E-state index in [-0.39, 0.29) is 6.10 Å². The molecule has 1 N–H and O–H groups in total. The molecular weight excluding hydrogens is 282 g/mol. The van der Waals surface area contributed by atoms with Crippen molar-refractivity contribution >= 4 is 5.95 Å². The molecule has 0 aromatic carbocycles. The third-order valence-electron chi connectivity index (χ3n) is 3.86. The summed E-state index contributed by atoms with van der Waals surface area (Å²) >= 11 is 0. The van der Waals surface area contributed by atoms with Crippen molar-refractivity contribution in [2.75, 3.05) is 25.6 Å². The highest BCUT2D eigenvalue weighted by Crippen LogP contribution is 2.33. The average Bonchev–Trinajstić information content (AvgIpc) is 3.00. The van der Waals surface area contributed by atoms with Gasteiger partial charge in [-0.05, 0) is 12.8 Å². The Morgan fingerprint density at radius 3 is 3.18 bits per heavy atom. The summed E-state index contributed by atoms with van der Waals surface area (Å²) in [5.41, 5.74) is 1.13. The fourth-order valence-corrected chi connectivity index (χ4v) is 2.77. The molecule has 3 rings (SSSR count). The van der Waals surface area contributed by atoms with Gasteiger partial charge in [0.05, 0.1) is 19.4 Å². The molecule has 22 heavy (non-hydrogen) atoms. The first-order valence-electron chi connectivity index (χ1n) is 7.47. The van der Waals surface area contributed by atoms with E-state index >= 15 is 0 Å². The monoisotopic (exact) mass is 303 g/mol. The molecule has 0 amide bonds. The Morgan fingerprint density at radius 2 is 2.41 bits per heavy atom. The standard InChI is InChI=1S/C15H21N5O2/c1-20-10-12(9-18-20)14-11(4-3-7-22-14)8-17-15-16-6-5-13(19-15)21-2/h5-6,9-11,14H,3-4,7-8H2,1-2H3,(H,16,17,19)/t11-,14+/m0/s1. The van der Waals surface area contributed by atoms with Gasteiger partial charge in [0.2, 0.25) is 11.8 Å². The fraction of sp³-hybridized carbons (Fsp3) is 0.533. The molecule has 0 spiro atoms. The van der Waals surface area contributed by atoms with Gasteiger partial charge in [-0.2, -0.15) is 10.1 Å². The lowest BCUT2D eigenvalue weighted by molar-refractivity contribution is -0.0239. The zero-order valence-electron chi connectivity index (χ0n) is 12.9. The molecule has 1 aliphatic rings. The van der Waals surface area contributed by atoms with Crippen LogP contribution in [0.5, 0.6) is 5.88 Å². The maximum atomic E-state index is 5.96. The van der Waals surface area contributed by atoms with Gasteiger partial charge in [0, 0.05) is 50.1 Å². The Kier molecular flexibility index (Phi) is 4.53. The number of methoxy groups -OCH3 is 1. The lowest BCUT2D eigenvalue weighted by Gasteiger charge is -2.31. The number of nitrogens with zero attached hydrogens (tertiary/aromatic N) is 4. The van der Waals surface area contributed by atoms with E-state index in [1.807, 2.05) is 24.1 Å². The summed E-state index contributed by atoms with van der Waals surface area (Å²) in [7, 11) is 3.52. The van der Waals surface area contributed by atoms with Crippen molar-refractivity contribution in [1.82, 2.24) is 19.7 Å². The Labute approximate surface area is 129 Å². The highest BCUT2D eigenvalue weighted by atomic mass is 16.5. The van der Waals surface area contributed by atoms with E-state index in [9.17, 15) is 0 Å². The number of ether oxygens (including phenoxy) is 2. The van der Waals surface area contributed by atoms with Crippen LogP contribution in [0.4, 0.5) is 5.95 Å². The minimum absolute atomic E-state index is 0.0700. The van der Waals surface area contributed by atoms with Gasteiger partial charge < -0.3 is 14.8 Å². The second kappa shape index (κ2) is 6.74. The van der Waals surface area contributed by atoms with E-state index in [1.54, 1.807) is 19.4 Å². The molecule has 0 radical (unpaired) electrons. The lowest BCUT2D eigenvalue weighted by Crippen LogP contribution is -2.28. The molecule has 2 atom stereocenters. The van der Waals surface area contributed by atoms with Gasteiger partial charge >= 0.3 is 0 Å². The minimum Gasteiger partial charge on any atom is -0.481 e. The maximum absolute atomic E-state index is 5.96. The van der Waals surface area contributed by atoms with Gasteiger partial charge in [-0.25, -0.2) is 4.98 Å². The van der Waals surface area contributed by atoms with Crippen LogP contribution in [0.15, 0.2) is 24.7 Å². The van der Waals surface area contributed by atoms with Crippen LogP contribution < -0.4 is 10.1 Å². The summed E-state index contributed by atoms with van der Waals surface area (Å²) in [5, 5.41) is 7.53. The Bertz CT molecular complexity index is 615. The van der Waals surface area contributed by atoms with Crippen molar-refractivity contribution in [2.24, 2.45) is 13.0 Å². The van der Waals surface area contributed by atoms with Gasteiger partial charge in [-0.3, -0.25) is 4.68 Å². The first kappa shape index (κ1) is 14.8. The van der Waals surface area contributed by atoms with Crippen LogP contribution in [0.1, 0.15) is 24.5 Å². The molecule has 7 nitrogen and oxygen atoms in total. The van der Waals surface area contributed by atoms with Crippen LogP contribution >= 0.6 is 0 Å². The van der Waals surface area contributed by atoms with Crippen molar-refractivity contribution in [3.8, 4) is 5.88 Å². The van der Waals surface area contributed by atoms with Gasteiger partial charge in [0.15, 0.2) is 0 Å². The number of rotatable bonds is 5. The predicted molar refractivity (Wildman–Crippen MR) is 81.7 cm³/mol. The van der Waals surface area contributed by atoms with E-state index in [0.717, 1.165) is 31.6 Å². The molecule has 7 heteroatoms. The Hall–Kier alpha value is -2.15. The normalized spacial score (nSPS) is 21.5. The zero-order valence-corrected chi connectivity index (χ0v) is 12.9. The summed E-state index contributed by atoms with van der Waals surface area (Å²) in [6.07, 6.45) is 7.83. The summed E-state index contributed by atoms with van der Waals surface area (Å²) in [6, 6.07) is 1.73. The molecule has 0 bridgehead atoms. The first-order chi connectivity index (χ1) is 10.8. The topological polar surface area (TPSA) is 74.1 Å². The van der Waals surface area contributed by atoms with Crippen molar-refractivity contribution in [1.29, 1.82) is 0 Å². The molecular formula is C15H21N5O2. The zero-order chi connectivity index (χ0) is 15.4. The van der Waals surface area contributed by atoms with Gasteiger partial charge in [-0.15, -0.1) is 0 Å². The second-order valence-electron chi connectivity index (χ2n) is 5.44. The maximum Gasteiger partial charge on any atom is 0.225 e. The van der Waals surface area contributed by atoms with E-state index in [4.69, 9.17) is 9.47 Å². The van der Waals surface area contributed by atoms with Crippen molar-refractivity contribution in [3.05, 3.63) is 30.2 Å². The van der Waals surface area contributed by atoms with Crippen molar-refractivity contribution in [3.63, 3.8) is 0 Å². The van der Waals surface area contributed by atoms with Crippen LogP contribution in [-0.4, -0.2) is 40.0 Å². The van der Waals surface area contributed by atoms with E-state index < -0.39 is 0 Å². The van der Waals surface area contributed by atoms with Crippen LogP contribution in [0.3, 0.4) is 0 Å². The molecule has 2 aromatic heterocycles. The predicted octanol–water partition coefficient (Wildman–Crippen LogP) is 1.80. The third kappa shape index (κ3) is 3.36. The molecule has 1 fully saturated rings. The van der Waals surface area contributed by atoms with Crippen LogP contribution in [0.2, 0.25) is 0 Å². The third-order valence-corrected chi connectivity index (χ3v) is 3.86. The van der Waals surface area contributed by atoms with Crippen LogP contribution in [0, 0.1) is 5.92 Å². The molecule has 1 aliphatic heterocycles. The van der Waals surface area contributed by atoms with E-state index in [0.29, 0.717) is 17.7 Å². The number of aromatic nitrogens is 4. The summed E-state index contributed by atoms with van der Waals surface area (Å²) < 4.78 is 12.9. The Morgan fingerprint density at radius 1 is 1.50 bits per heavy atom. The van der Waals surface area contributed by atoms with Gasteiger partial charge in [-0.1, -0.05) is 0 Å². The number of anilines is 1. The summed E-state index contributed by atoms with van der Waals surface area (Å²) in [6.45, 7) is 1.55.